The van der Waals surface area contributed by atoms with Gasteiger partial charge in [0.15, 0.2) is 0 Å². The van der Waals surface area contributed by atoms with Crippen LogP contribution in [0.3, 0.4) is 0 Å². The first-order valence-corrected chi connectivity index (χ1v) is 6.62. The molecule has 0 bridgehead atoms. The van der Waals surface area contributed by atoms with Crippen LogP contribution in [-0.4, -0.2) is 18.1 Å². The second kappa shape index (κ2) is 6.47. The number of carbonyl (C=O) groups is 1. The zero-order valence-corrected chi connectivity index (χ0v) is 12.3. The molecule has 1 N–H and O–H groups in total. The van der Waals surface area contributed by atoms with E-state index in [0.29, 0.717) is 12.2 Å². The smallest absolute Gasteiger partial charge is 0.340 e. The fourth-order valence-corrected chi connectivity index (χ4v) is 2.02. The normalized spacial score (nSPS) is 10.2. The first kappa shape index (κ1) is 14.5. The molecule has 1 aromatic heterocycles. The standard InChI is InChI=1S/C14H12BrFN2O2/c1-20-14(19)11-7-9(5-6-12(11)16)17-8-10-3-2-4-13(15)18-10/h2-7,17H,8H2,1H3. The van der Waals surface area contributed by atoms with Crippen molar-refractivity contribution in [1.82, 2.24) is 4.98 Å². The minimum absolute atomic E-state index is 0.0975. The maximum absolute atomic E-state index is 13.5. The molecule has 0 aliphatic carbocycles. The summed E-state index contributed by atoms with van der Waals surface area (Å²) in [5.74, 6) is -1.31. The van der Waals surface area contributed by atoms with Crippen molar-refractivity contribution in [3.8, 4) is 0 Å². The zero-order chi connectivity index (χ0) is 14.5. The van der Waals surface area contributed by atoms with Crippen molar-refractivity contribution in [2.45, 2.75) is 6.54 Å². The van der Waals surface area contributed by atoms with E-state index < -0.39 is 11.8 Å². The van der Waals surface area contributed by atoms with Crippen LogP contribution in [0.2, 0.25) is 0 Å². The molecule has 0 unspecified atom stereocenters. The number of carbonyl (C=O) groups excluding carboxylic acids is 1. The third-order valence-electron chi connectivity index (χ3n) is 2.62. The minimum Gasteiger partial charge on any atom is -0.465 e. The molecule has 0 amide bonds. The van der Waals surface area contributed by atoms with E-state index in [1.165, 1.54) is 19.2 Å². The van der Waals surface area contributed by atoms with Crippen LogP contribution in [0.1, 0.15) is 16.1 Å². The number of hydrogen-bond donors (Lipinski definition) is 1. The van der Waals surface area contributed by atoms with Crippen LogP contribution in [0.25, 0.3) is 0 Å². The zero-order valence-electron chi connectivity index (χ0n) is 10.7. The number of nitrogens with one attached hydrogen (secondary N) is 1. The molecular weight excluding hydrogens is 327 g/mol. The van der Waals surface area contributed by atoms with Gasteiger partial charge in [-0.05, 0) is 46.3 Å². The fourth-order valence-electron chi connectivity index (χ4n) is 1.64. The van der Waals surface area contributed by atoms with E-state index in [0.717, 1.165) is 10.3 Å². The molecule has 104 valence electrons. The molecule has 0 saturated heterocycles. The third kappa shape index (κ3) is 3.54. The summed E-state index contributed by atoms with van der Waals surface area (Å²) in [6.07, 6.45) is 0. The first-order chi connectivity index (χ1) is 9.60. The van der Waals surface area contributed by atoms with Crippen LogP contribution in [0, 0.1) is 5.82 Å². The second-order valence-electron chi connectivity index (χ2n) is 3.99. The topological polar surface area (TPSA) is 51.2 Å². The summed E-state index contributed by atoms with van der Waals surface area (Å²) in [7, 11) is 1.22. The van der Waals surface area contributed by atoms with Gasteiger partial charge in [-0.1, -0.05) is 6.07 Å². The molecule has 0 aliphatic heterocycles. The monoisotopic (exact) mass is 338 g/mol. The van der Waals surface area contributed by atoms with Crippen molar-refractivity contribution in [1.29, 1.82) is 0 Å². The van der Waals surface area contributed by atoms with Gasteiger partial charge in [0.25, 0.3) is 0 Å². The molecule has 0 aliphatic rings. The Morgan fingerprint density at radius 3 is 2.90 bits per heavy atom. The quantitative estimate of drug-likeness (QED) is 0.685. The maximum atomic E-state index is 13.5. The van der Waals surface area contributed by atoms with Crippen LogP contribution < -0.4 is 5.32 Å². The van der Waals surface area contributed by atoms with E-state index in [4.69, 9.17) is 0 Å². The SMILES string of the molecule is COC(=O)c1cc(NCc2cccc(Br)n2)ccc1F. The molecule has 2 aromatic rings. The highest BCUT2D eigenvalue weighted by atomic mass is 79.9. The highest BCUT2D eigenvalue weighted by molar-refractivity contribution is 9.10. The Morgan fingerprint density at radius 1 is 1.40 bits per heavy atom. The van der Waals surface area contributed by atoms with E-state index >= 15 is 0 Å². The summed E-state index contributed by atoms with van der Waals surface area (Å²) in [6, 6.07) is 9.76. The van der Waals surface area contributed by atoms with Crippen molar-refractivity contribution < 1.29 is 13.9 Å². The van der Waals surface area contributed by atoms with Crippen LogP contribution in [0.4, 0.5) is 10.1 Å². The number of ether oxygens (including phenoxy) is 1. The molecule has 6 heteroatoms. The number of nitrogens with zero attached hydrogens (tertiary/aromatic N) is 1. The number of anilines is 1. The lowest BCUT2D eigenvalue weighted by atomic mass is 10.2. The average molecular weight is 339 g/mol. The summed E-state index contributed by atoms with van der Waals surface area (Å²) >= 11 is 3.29. The number of halogens is 2. The van der Waals surface area contributed by atoms with Gasteiger partial charge in [-0.15, -0.1) is 0 Å². The largest absolute Gasteiger partial charge is 0.465 e. The molecular formula is C14H12BrFN2O2. The first-order valence-electron chi connectivity index (χ1n) is 5.83. The average Bonchev–Trinajstić information content (AvgIpc) is 2.45. The van der Waals surface area contributed by atoms with Crippen LogP contribution in [0.15, 0.2) is 41.0 Å². The lowest BCUT2D eigenvalue weighted by Gasteiger charge is -2.08. The van der Waals surface area contributed by atoms with Gasteiger partial charge in [0, 0.05) is 5.69 Å². The number of pyridine rings is 1. The third-order valence-corrected chi connectivity index (χ3v) is 3.06. The predicted molar refractivity (Wildman–Crippen MR) is 77.0 cm³/mol. The Bertz CT molecular complexity index is 634. The molecule has 0 spiro atoms. The fraction of sp³-hybridized carbons (Fsp3) is 0.143. The molecule has 1 heterocycles. The summed E-state index contributed by atoms with van der Waals surface area (Å²) in [5, 5.41) is 3.08. The lowest BCUT2D eigenvalue weighted by Crippen LogP contribution is -2.07. The van der Waals surface area contributed by atoms with Crippen molar-refractivity contribution in [3.05, 3.63) is 58.1 Å². The van der Waals surface area contributed by atoms with Gasteiger partial charge in [-0.2, -0.15) is 0 Å². The molecule has 0 radical (unpaired) electrons. The molecule has 4 nitrogen and oxygen atoms in total. The predicted octanol–water partition coefficient (Wildman–Crippen LogP) is 3.38. The van der Waals surface area contributed by atoms with Crippen LogP contribution in [0.5, 0.6) is 0 Å². The summed E-state index contributed by atoms with van der Waals surface area (Å²) in [4.78, 5) is 15.7. The number of hydrogen-bond acceptors (Lipinski definition) is 4. The van der Waals surface area contributed by atoms with Gasteiger partial charge in [-0.3, -0.25) is 0 Å². The summed E-state index contributed by atoms with van der Waals surface area (Å²) in [6.45, 7) is 0.464. The molecule has 20 heavy (non-hydrogen) atoms. The Hall–Kier alpha value is -1.95. The molecule has 0 atom stereocenters. The number of rotatable bonds is 4. The molecule has 0 fully saturated rings. The lowest BCUT2D eigenvalue weighted by molar-refractivity contribution is 0.0595. The van der Waals surface area contributed by atoms with Crippen molar-refractivity contribution >= 4 is 27.6 Å². The molecule has 0 saturated carbocycles. The number of methoxy groups -OCH3 is 1. The summed E-state index contributed by atoms with van der Waals surface area (Å²) < 4.78 is 18.7. The van der Waals surface area contributed by atoms with E-state index in [1.807, 2.05) is 18.2 Å². The summed E-state index contributed by atoms with van der Waals surface area (Å²) in [5.41, 5.74) is 1.34. The van der Waals surface area contributed by atoms with Crippen molar-refractivity contribution in [3.63, 3.8) is 0 Å². The van der Waals surface area contributed by atoms with Gasteiger partial charge >= 0.3 is 5.97 Å². The highest BCUT2D eigenvalue weighted by Gasteiger charge is 2.12. The Morgan fingerprint density at radius 2 is 2.20 bits per heavy atom. The van der Waals surface area contributed by atoms with Crippen LogP contribution in [-0.2, 0) is 11.3 Å². The van der Waals surface area contributed by atoms with E-state index in [2.05, 4.69) is 31.0 Å². The minimum atomic E-state index is -0.702. The highest BCUT2D eigenvalue weighted by Crippen LogP contribution is 2.16. The van der Waals surface area contributed by atoms with Crippen LogP contribution >= 0.6 is 15.9 Å². The van der Waals surface area contributed by atoms with Crippen molar-refractivity contribution in [2.24, 2.45) is 0 Å². The Kier molecular flexibility index (Phi) is 4.68. The van der Waals surface area contributed by atoms with Gasteiger partial charge < -0.3 is 10.1 Å². The second-order valence-corrected chi connectivity index (χ2v) is 4.80. The van der Waals surface area contributed by atoms with E-state index in [1.54, 1.807) is 6.07 Å². The van der Waals surface area contributed by atoms with Gasteiger partial charge in [0.05, 0.1) is 24.9 Å². The van der Waals surface area contributed by atoms with E-state index in [-0.39, 0.29) is 5.56 Å². The van der Waals surface area contributed by atoms with Gasteiger partial charge in [0.1, 0.15) is 10.4 Å². The van der Waals surface area contributed by atoms with Crippen molar-refractivity contribution in [2.75, 3.05) is 12.4 Å². The van der Waals surface area contributed by atoms with E-state index in [9.17, 15) is 9.18 Å². The number of benzene rings is 1. The Labute approximate surface area is 124 Å². The Balaban J connectivity index is 2.12. The molecule has 1 aromatic carbocycles. The number of aromatic nitrogens is 1. The molecule has 2 rings (SSSR count). The maximum Gasteiger partial charge on any atom is 0.340 e. The van der Waals surface area contributed by atoms with Gasteiger partial charge in [-0.25, -0.2) is 14.2 Å². The van der Waals surface area contributed by atoms with Gasteiger partial charge in [0.2, 0.25) is 0 Å². The number of esters is 1.